The van der Waals surface area contributed by atoms with E-state index >= 15 is 0 Å². The topological polar surface area (TPSA) is 112 Å². The Bertz CT molecular complexity index is 1340. The predicted octanol–water partition coefficient (Wildman–Crippen LogP) is 3.39. The van der Waals surface area contributed by atoms with Crippen LogP contribution in [-0.2, 0) is 13.0 Å². The SMILES string of the molecule is [C-]#[N+]c1cc(CNC(=O)c2cc(C(=O)N[C@H]3CCc4cc(C#N)ccc43)ncn2)ccc1F. The van der Waals surface area contributed by atoms with Gasteiger partial charge in [-0.15, -0.1) is 0 Å². The number of nitriles is 1. The van der Waals surface area contributed by atoms with Crippen LogP contribution in [0.1, 0.15) is 55.7 Å². The first-order valence-electron chi connectivity index (χ1n) is 10.1. The molecule has 4 rings (SSSR count). The summed E-state index contributed by atoms with van der Waals surface area (Å²) in [5.41, 5.74) is 3.07. The third kappa shape index (κ3) is 4.68. The predicted molar refractivity (Wildman–Crippen MR) is 116 cm³/mol. The Labute approximate surface area is 188 Å². The summed E-state index contributed by atoms with van der Waals surface area (Å²) in [4.78, 5) is 36.2. The van der Waals surface area contributed by atoms with Crippen LogP contribution in [0.15, 0.2) is 48.8 Å². The van der Waals surface area contributed by atoms with Gasteiger partial charge in [-0.3, -0.25) is 9.59 Å². The molecule has 0 fully saturated rings. The van der Waals surface area contributed by atoms with Crippen LogP contribution >= 0.6 is 0 Å². The van der Waals surface area contributed by atoms with Crippen molar-refractivity contribution in [1.82, 2.24) is 20.6 Å². The second-order valence-electron chi connectivity index (χ2n) is 7.46. The largest absolute Gasteiger partial charge is 0.347 e. The van der Waals surface area contributed by atoms with Gasteiger partial charge in [0.15, 0.2) is 0 Å². The van der Waals surface area contributed by atoms with E-state index in [4.69, 9.17) is 11.8 Å². The molecule has 0 radical (unpaired) electrons. The number of benzene rings is 2. The Morgan fingerprint density at radius 2 is 1.94 bits per heavy atom. The van der Waals surface area contributed by atoms with Gasteiger partial charge in [0.05, 0.1) is 24.2 Å². The molecule has 0 bridgehead atoms. The number of amides is 2. The summed E-state index contributed by atoms with van der Waals surface area (Å²) in [6.45, 7) is 7.03. The number of rotatable bonds is 5. The molecule has 33 heavy (non-hydrogen) atoms. The van der Waals surface area contributed by atoms with Gasteiger partial charge in [0.1, 0.15) is 23.5 Å². The smallest absolute Gasteiger partial charge is 0.270 e. The summed E-state index contributed by atoms with van der Waals surface area (Å²) in [6, 6.07) is 12.6. The highest BCUT2D eigenvalue weighted by atomic mass is 19.1. The lowest BCUT2D eigenvalue weighted by atomic mass is 10.1. The summed E-state index contributed by atoms with van der Waals surface area (Å²) in [5, 5.41) is 14.6. The Balaban J connectivity index is 1.42. The van der Waals surface area contributed by atoms with Gasteiger partial charge in [-0.25, -0.2) is 19.2 Å². The van der Waals surface area contributed by atoms with Crippen molar-refractivity contribution >= 4 is 17.5 Å². The number of aromatic nitrogens is 2. The number of carbonyl (C=O) groups excluding carboxylic acids is 2. The molecule has 162 valence electrons. The summed E-state index contributed by atoms with van der Waals surface area (Å²) in [7, 11) is 0. The molecular weight excluding hydrogens is 423 g/mol. The lowest BCUT2D eigenvalue weighted by molar-refractivity contribution is 0.0931. The first-order chi connectivity index (χ1) is 16.0. The highest BCUT2D eigenvalue weighted by Gasteiger charge is 2.25. The van der Waals surface area contributed by atoms with Crippen LogP contribution in [-0.4, -0.2) is 21.8 Å². The fraction of sp³-hybridized carbons (Fsp3) is 0.167. The molecule has 0 spiro atoms. The maximum Gasteiger partial charge on any atom is 0.270 e. The minimum Gasteiger partial charge on any atom is -0.347 e. The quantitative estimate of drug-likeness (QED) is 0.591. The molecule has 0 aliphatic heterocycles. The molecule has 1 heterocycles. The van der Waals surface area contributed by atoms with E-state index in [9.17, 15) is 14.0 Å². The zero-order valence-corrected chi connectivity index (χ0v) is 17.3. The van der Waals surface area contributed by atoms with Gasteiger partial charge in [0, 0.05) is 12.6 Å². The minimum absolute atomic E-state index is 0.00754. The van der Waals surface area contributed by atoms with Crippen LogP contribution in [0.25, 0.3) is 4.85 Å². The maximum absolute atomic E-state index is 13.4. The molecule has 0 unspecified atom stereocenters. The van der Waals surface area contributed by atoms with Gasteiger partial charge >= 0.3 is 0 Å². The molecule has 2 amide bonds. The number of aryl methyl sites for hydroxylation is 1. The van der Waals surface area contributed by atoms with Gasteiger partial charge in [-0.1, -0.05) is 12.1 Å². The van der Waals surface area contributed by atoms with Crippen molar-refractivity contribution in [2.24, 2.45) is 0 Å². The molecule has 3 aromatic rings. The van der Waals surface area contributed by atoms with E-state index in [0.29, 0.717) is 17.5 Å². The van der Waals surface area contributed by atoms with Crippen molar-refractivity contribution in [2.45, 2.75) is 25.4 Å². The standard InChI is InChI=1S/C24H17FN6O2/c1-27-20-9-15(3-6-18(20)25)12-28-23(32)21-10-22(30-13-29-21)24(33)31-19-7-4-16-8-14(11-26)2-5-17(16)19/h2-3,5-6,8-10,13,19H,4,7,12H2,(H,28,32)(H,31,33)/t19-/m0/s1. The summed E-state index contributed by atoms with van der Waals surface area (Å²) >= 11 is 0. The number of hydrogen-bond acceptors (Lipinski definition) is 5. The highest BCUT2D eigenvalue weighted by molar-refractivity contribution is 5.97. The third-order valence-electron chi connectivity index (χ3n) is 5.37. The van der Waals surface area contributed by atoms with Crippen LogP contribution in [0, 0.1) is 23.7 Å². The molecular formula is C24H17FN6O2. The normalized spacial score (nSPS) is 14.0. The molecule has 2 aromatic carbocycles. The van der Waals surface area contributed by atoms with E-state index in [0.717, 1.165) is 23.9 Å². The molecule has 2 N–H and O–H groups in total. The van der Waals surface area contributed by atoms with Crippen LogP contribution in [0.4, 0.5) is 10.1 Å². The van der Waals surface area contributed by atoms with E-state index in [1.807, 2.05) is 12.1 Å². The number of hydrogen-bond donors (Lipinski definition) is 2. The van der Waals surface area contributed by atoms with Gasteiger partial charge in [-0.05, 0) is 53.8 Å². The Morgan fingerprint density at radius 3 is 2.70 bits per heavy atom. The van der Waals surface area contributed by atoms with Crippen molar-refractivity contribution in [3.05, 3.63) is 99.7 Å². The molecule has 0 saturated heterocycles. The zero-order chi connectivity index (χ0) is 23.4. The molecule has 1 atom stereocenters. The lowest BCUT2D eigenvalue weighted by Gasteiger charge is -2.14. The summed E-state index contributed by atoms with van der Waals surface area (Å²) in [6.07, 6.45) is 2.60. The number of halogens is 1. The van der Waals surface area contributed by atoms with Crippen LogP contribution in [0.2, 0.25) is 0 Å². The first kappa shape index (κ1) is 21.6. The van der Waals surface area contributed by atoms with Crippen molar-refractivity contribution in [3.8, 4) is 6.07 Å². The van der Waals surface area contributed by atoms with E-state index in [1.54, 1.807) is 6.07 Å². The average molecular weight is 440 g/mol. The number of carbonyl (C=O) groups is 2. The Hall–Kier alpha value is -4.63. The number of nitrogens with zero attached hydrogens (tertiary/aromatic N) is 4. The molecule has 1 aliphatic rings. The van der Waals surface area contributed by atoms with Gasteiger partial charge in [0.25, 0.3) is 11.8 Å². The Kier molecular flexibility index (Phi) is 6.05. The molecule has 1 aliphatic carbocycles. The van der Waals surface area contributed by atoms with Crippen LogP contribution in [0.5, 0.6) is 0 Å². The summed E-state index contributed by atoms with van der Waals surface area (Å²) < 4.78 is 13.4. The Morgan fingerprint density at radius 1 is 1.15 bits per heavy atom. The van der Waals surface area contributed by atoms with E-state index in [2.05, 4.69) is 31.5 Å². The fourth-order valence-corrected chi connectivity index (χ4v) is 3.70. The van der Waals surface area contributed by atoms with Gasteiger partial charge < -0.3 is 10.6 Å². The second-order valence-corrected chi connectivity index (χ2v) is 7.46. The van der Waals surface area contributed by atoms with Gasteiger partial charge in [-0.2, -0.15) is 5.26 Å². The van der Waals surface area contributed by atoms with E-state index < -0.39 is 17.6 Å². The summed E-state index contributed by atoms with van der Waals surface area (Å²) in [5.74, 6) is -1.59. The van der Waals surface area contributed by atoms with Gasteiger partial charge in [0.2, 0.25) is 5.69 Å². The van der Waals surface area contributed by atoms with E-state index in [-0.39, 0.29) is 29.7 Å². The number of fused-ring (bicyclic) bond motifs is 1. The molecule has 1 aromatic heterocycles. The van der Waals surface area contributed by atoms with E-state index in [1.165, 1.54) is 24.3 Å². The third-order valence-corrected chi connectivity index (χ3v) is 5.37. The highest BCUT2D eigenvalue weighted by Crippen LogP contribution is 2.31. The number of nitrogens with one attached hydrogen (secondary N) is 2. The van der Waals surface area contributed by atoms with Crippen molar-refractivity contribution in [2.75, 3.05) is 0 Å². The first-order valence-corrected chi connectivity index (χ1v) is 10.1. The van der Waals surface area contributed by atoms with Crippen molar-refractivity contribution < 1.29 is 14.0 Å². The maximum atomic E-state index is 13.4. The average Bonchev–Trinajstić information content (AvgIpc) is 3.25. The van der Waals surface area contributed by atoms with Crippen LogP contribution < -0.4 is 10.6 Å². The van der Waals surface area contributed by atoms with Crippen LogP contribution in [0.3, 0.4) is 0 Å². The lowest BCUT2D eigenvalue weighted by Crippen LogP contribution is -2.29. The molecule has 0 saturated carbocycles. The van der Waals surface area contributed by atoms with Crippen molar-refractivity contribution in [1.29, 1.82) is 5.26 Å². The fourth-order valence-electron chi connectivity index (χ4n) is 3.70. The van der Waals surface area contributed by atoms with Crippen molar-refractivity contribution in [3.63, 3.8) is 0 Å². The molecule has 9 heteroatoms. The zero-order valence-electron chi connectivity index (χ0n) is 17.3. The minimum atomic E-state index is -0.623. The second kappa shape index (κ2) is 9.25. The molecule has 8 nitrogen and oxygen atoms in total. The monoisotopic (exact) mass is 440 g/mol.